The lowest BCUT2D eigenvalue weighted by Gasteiger charge is -2.27. The first kappa shape index (κ1) is 23.3. The van der Waals surface area contributed by atoms with Crippen molar-refractivity contribution in [3.8, 4) is 5.75 Å². The summed E-state index contributed by atoms with van der Waals surface area (Å²) in [5.41, 5.74) is 2.52. The number of nitrogens with one attached hydrogen (secondary N) is 1. The van der Waals surface area contributed by atoms with Crippen LogP contribution >= 0.6 is 0 Å². The minimum Gasteiger partial charge on any atom is -0.379 e. The highest BCUT2D eigenvalue weighted by Gasteiger charge is 2.19. The van der Waals surface area contributed by atoms with E-state index in [0.29, 0.717) is 6.54 Å². The Kier molecular flexibility index (Phi) is 7.15. The third-order valence-corrected chi connectivity index (χ3v) is 6.12. The maximum atomic E-state index is 13.0. The Morgan fingerprint density at radius 3 is 2.22 bits per heavy atom. The third kappa shape index (κ3) is 5.85. The Hall–Kier alpha value is -3.39. The van der Waals surface area contributed by atoms with Gasteiger partial charge in [-0.05, 0) is 74.4 Å². The number of urea groups is 1. The summed E-state index contributed by atoms with van der Waals surface area (Å²) in [6.45, 7) is 6.10. The fourth-order valence-electron chi connectivity index (χ4n) is 3.01. The molecule has 0 bridgehead atoms. The minimum absolute atomic E-state index is 0.0613. The molecule has 0 aromatic heterocycles. The zero-order valence-electron chi connectivity index (χ0n) is 18.1. The minimum atomic E-state index is -4.07. The van der Waals surface area contributed by atoms with Crippen LogP contribution in [0.25, 0.3) is 0 Å². The first-order chi connectivity index (χ1) is 15.2. The van der Waals surface area contributed by atoms with Gasteiger partial charge < -0.3 is 14.4 Å². The van der Waals surface area contributed by atoms with Crippen LogP contribution in [-0.4, -0.2) is 25.4 Å². The summed E-state index contributed by atoms with van der Waals surface area (Å²) in [6.07, 6.45) is 0. The van der Waals surface area contributed by atoms with E-state index in [2.05, 4.69) is 5.32 Å². The van der Waals surface area contributed by atoms with Crippen molar-refractivity contribution in [3.63, 3.8) is 0 Å². The quantitative estimate of drug-likeness (QED) is 0.487. The molecular formula is C24H25FN2O4S. The predicted octanol–water partition coefficient (Wildman–Crippen LogP) is 5.34. The van der Waals surface area contributed by atoms with Crippen molar-refractivity contribution < 1.29 is 21.8 Å². The summed E-state index contributed by atoms with van der Waals surface area (Å²) >= 11 is 0. The Balaban J connectivity index is 1.69. The van der Waals surface area contributed by atoms with Crippen LogP contribution in [0.4, 0.5) is 14.9 Å². The summed E-state index contributed by atoms with van der Waals surface area (Å²) < 4.78 is 42.9. The van der Waals surface area contributed by atoms with Crippen LogP contribution in [0.1, 0.15) is 25.0 Å². The van der Waals surface area contributed by atoms with Crippen molar-refractivity contribution in [2.45, 2.75) is 38.3 Å². The number of halogens is 1. The molecule has 3 rings (SSSR count). The standard InChI is InChI=1S/C24H25FN2O4S/c1-17(2)27(24(28)26-23-7-5-4-6-18(23)3)16-19-8-12-21(13-9-19)31-32(29,30)22-14-10-20(25)11-15-22/h4-15,17H,16H2,1-3H3,(H,26,28). The Morgan fingerprint density at radius 2 is 1.62 bits per heavy atom. The Morgan fingerprint density at radius 1 is 1.00 bits per heavy atom. The maximum absolute atomic E-state index is 13.0. The van der Waals surface area contributed by atoms with E-state index in [-0.39, 0.29) is 22.7 Å². The van der Waals surface area contributed by atoms with Crippen LogP contribution in [0.15, 0.2) is 77.7 Å². The van der Waals surface area contributed by atoms with Crippen molar-refractivity contribution in [2.24, 2.45) is 0 Å². The van der Waals surface area contributed by atoms with Crippen LogP contribution in [0.2, 0.25) is 0 Å². The second kappa shape index (κ2) is 9.82. The normalized spacial score (nSPS) is 11.3. The molecule has 1 N–H and O–H groups in total. The van der Waals surface area contributed by atoms with Gasteiger partial charge in [0.2, 0.25) is 0 Å². The average Bonchev–Trinajstić information content (AvgIpc) is 2.74. The van der Waals surface area contributed by atoms with E-state index in [1.54, 1.807) is 17.0 Å². The van der Waals surface area contributed by atoms with Crippen molar-refractivity contribution >= 4 is 21.8 Å². The van der Waals surface area contributed by atoms with Gasteiger partial charge in [-0.25, -0.2) is 9.18 Å². The molecule has 168 valence electrons. The van der Waals surface area contributed by atoms with E-state index in [4.69, 9.17) is 4.18 Å². The zero-order valence-corrected chi connectivity index (χ0v) is 18.9. The van der Waals surface area contributed by atoms with E-state index in [1.165, 1.54) is 12.1 Å². The van der Waals surface area contributed by atoms with Crippen LogP contribution in [0, 0.1) is 12.7 Å². The lowest BCUT2D eigenvalue weighted by molar-refractivity contribution is 0.193. The van der Waals surface area contributed by atoms with Crippen molar-refractivity contribution in [1.29, 1.82) is 0 Å². The van der Waals surface area contributed by atoms with Gasteiger partial charge in [0.25, 0.3) is 0 Å². The molecule has 32 heavy (non-hydrogen) atoms. The molecule has 6 nitrogen and oxygen atoms in total. The highest BCUT2D eigenvalue weighted by Crippen LogP contribution is 2.21. The molecule has 3 aromatic rings. The van der Waals surface area contributed by atoms with Gasteiger partial charge in [-0.1, -0.05) is 30.3 Å². The highest BCUT2D eigenvalue weighted by molar-refractivity contribution is 7.87. The van der Waals surface area contributed by atoms with Gasteiger partial charge in [0.1, 0.15) is 16.5 Å². The van der Waals surface area contributed by atoms with Crippen LogP contribution in [0.5, 0.6) is 5.75 Å². The molecule has 0 spiro atoms. The van der Waals surface area contributed by atoms with Gasteiger partial charge in [0.15, 0.2) is 0 Å². The molecule has 0 atom stereocenters. The molecule has 0 aliphatic heterocycles. The topological polar surface area (TPSA) is 75.7 Å². The number of anilines is 1. The lowest BCUT2D eigenvalue weighted by Crippen LogP contribution is -2.39. The molecule has 0 saturated carbocycles. The van der Waals surface area contributed by atoms with E-state index >= 15 is 0 Å². The van der Waals surface area contributed by atoms with Crippen molar-refractivity contribution in [1.82, 2.24) is 4.90 Å². The zero-order chi connectivity index (χ0) is 23.3. The summed E-state index contributed by atoms with van der Waals surface area (Å²) in [5, 5.41) is 2.93. The molecule has 0 saturated heterocycles. The first-order valence-corrected chi connectivity index (χ1v) is 11.5. The summed E-state index contributed by atoms with van der Waals surface area (Å²) in [5.74, 6) is -0.409. The van der Waals surface area contributed by atoms with E-state index in [0.717, 1.165) is 41.1 Å². The smallest absolute Gasteiger partial charge is 0.339 e. The van der Waals surface area contributed by atoms with Crippen molar-refractivity contribution in [2.75, 3.05) is 5.32 Å². The number of benzene rings is 3. The lowest BCUT2D eigenvalue weighted by atomic mass is 10.2. The number of nitrogens with zero attached hydrogens (tertiary/aromatic N) is 1. The molecule has 8 heteroatoms. The number of hydrogen-bond donors (Lipinski definition) is 1. The molecule has 2 amide bonds. The number of aryl methyl sites for hydroxylation is 1. The van der Waals surface area contributed by atoms with Crippen LogP contribution < -0.4 is 9.50 Å². The van der Waals surface area contributed by atoms with Crippen molar-refractivity contribution in [3.05, 3.63) is 89.7 Å². The average molecular weight is 457 g/mol. The monoisotopic (exact) mass is 456 g/mol. The molecule has 0 fully saturated rings. The molecular weight excluding hydrogens is 431 g/mol. The predicted molar refractivity (Wildman–Crippen MR) is 122 cm³/mol. The second-order valence-corrected chi connectivity index (χ2v) is 9.15. The highest BCUT2D eigenvalue weighted by atomic mass is 32.2. The number of hydrogen-bond acceptors (Lipinski definition) is 4. The largest absolute Gasteiger partial charge is 0.379 e. The molecule has 0 aliphatic rings. The summed E-state index contributed by atoms with van der Waals surface area (Å²) in [7, 11) is -4.07. The fourth-order valence-corrected chi connectivity index (χ4v) is 3.94. The number of amides is 2. The van der Waals surface area contributed by atoms with Gasteiger partial charge in [-0.3, -0.25) is 0 Å². The summed E-state index contributed by atoms with van der Waals surface area (Å²) in [6, 6.07) is 18.1. The SMILES string of the molecule is Cc1ccccc1NC(=O)N(Cc1ccc(OS(=O)(=O)c2ccc(F)cc2)cc1)C(C)C. The molecule has 0 unspecified atom stereocenters. The molecule has 0 aliphatic carbocycles. The number of carbonyl (C=O) groups excluding carboxylic acids is 1. The fraction of sp³-hybridized carbons (Fsp3) is 0.208. The number of carbonyl (C=O) groups is 1. The van der Waals surface area contributed by atoms with Gasteiger partial charge >= 0.3 is 16.1 Å². The van der Waals surface area contributed by atoms with Crippen LogP contribution in [0.3, 0.4) is 0 Å². The van der Waals surface area contributed by atoms with E-state index in [9.17, 15) is 17.6 Å². The van der Waals surface area contributed by atoms with Gasteiger partial charge in [-0.15, -0.1) is 0 Å². The number of para-hydroxylation sites is 1. The van der Waals surface area contributed by atoms with E-state index < -0.39 is 15.9 Å². The first-order valence-electron chi connectivity index (χ1n) is 10.1. The van der Waals surface area contributed by atoms with Gasteiger partial charge in [0.05, 0.1) is 0 Å². The van der Waals surface area contributed by atoms with E-state index in [1.807, 2.05) is 45.0 Å². The number of rotatable bonds is 7. The Bertz CT molecular complexity index is 1180. The summed E-state index contributed by atoms with van der Waals surface area (Å²) in [4.78, 5) is 14.4. The van der Waals surface area contributed by atoms with Gasteiger partial charge in [-0.2, -0.15) is 8.42 Å². The second-order valence-electron chi connectivity index (χ2n) is 7.60. The molecule has 3 aromatic carbocycles. The third-order valence-electron chi connectivity index (χ3n) is 4.86. The maximum Gasteiger partial charge on any atom is 0.339 e. The Labute approximate surface area is 187 Å². The molecule has 0 radical (unpaired) electrons. The molecule has 0 heterocycles. The van der Waals surface area contributed by atoms with Gasteiger partial charge in [0, 0.05) is 18.3 Å². The van der Waals surface area contributed by atoms with Crippen LogP contribution in [-0.2, 0) is 16.7 Å².